The predicted octanol–water partition coefficient (Wildman–Crippen LogP) is 0.0482. The number of rotatable bonds is 6. The topological polar surface area (TPSA) is 98.9 Å². The second-order valence-electron chi connectivity index (χ2n) is 5.85. The minimum atomic E-state index is -0.315. The predicted molar refractivity (Wildman–Crippen MR) is 88.8 cm³/mol. The lowest BCUT2D eigenvalue weighted by Crippen LogP contribution is -2.35. The first-order chi connectivity index (χ1) is 11.4. The molecule has 0 saturated heterocycles. The summed E-state index contributed by atoms with van der Waals surface area (Å²) < 4.78 is 2.67. The first-order valence-electron chi connectivity index (χ1n) is 7.73. The lowest BCUT2D eigenvalue weighted by atomic mass is 10.1. The zero-order valence-corrected chi connectivity index (χ0v) is 14.0. The second kappa shape index (κ2) is 7.67. The Labute approximate surface area is 139 Å². The van der Waals surface area contributed by atoms with Gasteiger partial charge in [0.15, 0.2) is 0 Å². The molecule has 0 atom stereocenters. The first-order valence-corrected chi connectivity index (χ1v) is 7.73. The van der Waals surface area contributed by atoms with Crippen molar-refractivity contribution in [2.24, 2.45) is 0 Å². The largest absolute Gasteiger partial charge is 0.353 e. The van der Waals surface area contributed by atoms with Crippen LogP contribution in [0.15, 0.2) is 34.4 Å². The molecule has 0 radical (unpaired) electrons. The zero-order valence-electron chi connectivity index (χ0n) is 14.0. The fourth-order valence-electron chi connectivity index (χ4n) is 2.09. The molecule has 0 bridgehead atoms. The molecular weight excluding hydrogens is 310 g/mol. The minimum Gasteiger partial charge on any atom is -0.353 e. The molecule has 0 fully saturated rings. The quantitative estimate of drug-likeness (QED) is 0.806. The normalized spacial score (nSPS) is 10.8. The lowest BCUT2D eigenvalue weighted by Gasteiger charge is -2.09. The summed E-state index contributed by atoms with van der Waals surface area (Å²) in [6.07, 6.45) is 2.83. The Bertz CT molecular complexity index is 838. The van der Waals surface area contributed by atoms with Crippen LogP contribution in [0.3, 0.4) is 0 Å². The van der Waals surface area contributed by atoms with Gasteiger partial charge in [-0.3, -0.25) is 23.5 Å². The molecule has 1 N–H and O–H groups in total. The van der Waals surface area contributed by atoms with E-state index < -0.39 is 0 Å². The molecule has 0 unspecified atom stereocenters. The van der Waals surface area contributed by atoms with Gasteiger partial charge in [-0.05, 0) is 12.8 Å². The van der Waals surface area contributed by atoms with Gasteiger partial charge in [0, 0.05) is 30.9 Å². The van der Waals surface area contributed by atoms with E-state index in [1.807, 2.05) is 13.8 Å². The van der Waals surface area contributed by atoms with Crippen molar-refractivity contribution in [1.29, 1.82) is 0 Å². The Hall–Kier alpha value is -2.77. The molecule has 2 heterocycles. The molecule has 2 rings (SSSR count). The van der Waals surface area contributed by atoms with Crippen LogP contribution in [-0.4, -0.2) is 31.6 Å². The molecule has 0 aromatic carbocycles. The molecule has 128 valence electrons. The highest BCUT2D eigenvalue weighted by Crippen LogP contribution is 2.06. The van der Waals surface area contributed by atoms with E-state index in [1.165, 1.54) is 33.9 Å². The third-order valence-corrected chi connectivity index (χ3v) is 3.50. The van der Waals surface area contributed by atoms with Gasteiger partial charge in [-0.15, -0.1) is 0 Å². The average Bonchev–Trinajstić information content (AvgIpc) is 2.51. The van der Waals surface area contributed by atoms with Crippen LogP contribution in [0.2, 0.25) is 0 Å². The fraction of sp³-hybridized carbons (Fsp3) is 0.438. The number of nitrogens with zero attached hydrogens (tertiary/aromatic N) is 4. The third kappa shape index (κ3) is 4.61. The van der Waals surface area contributed by atoms with Crippen LogP contribution >= 0.6 is 0 Å². The molecule has 8 nitrogen and oxygen atoms in total. The molecule has 2 aromatic rings. The summed E-state index contributed by atoms with van der Waals surface area (Å²) in [5.41, 5.74) is 0.921. The van der Waals surface area contributed by atoms with Crippen molar-refractivity contribution in [1.82, 2.24) is 24.4 Å². The van der Waals surface area contributed by atoms with E-state index in [0.717, 1.165) is 0 Å². The number of nitrogens with one attached hydrogen (secondary N) is 1. The van der Waals surface area contributed by atoms with Gasteiger partial charge in [0.05, 0.1) is 18.3 Å². The molecule has 2 aromatic heterocycles. The van der Waals surface area contributed by atoms with E-state index in [0.29, 0.717) is 17.9 Å². The first kappa shape index (κ1) is 17.6. The Morgan fingerprint density at radius 2 is 1.79 bits per heavy atom. The maximum absolute atomic E-state index is 11.9. The lowest BCUT2D eigenvalue weighted by molar-refractivity contribution is -0.121. The van der Waals surface area contributed by atoms with Crippen molar-refractivity contribution in [3.63, 3.8) is 0 Å². The Balaban J connectivity index is 1.89. The number of hydrogen-bond acceptors (Lipinski definition) is 5. The Morgan fingerprint density at radius 1 is 1.12 bits per heavy atom. The van der Waals surface area contributed by atoms with Crippen molar-refractivity contribution >= 4 is 5.91 Å². The van der Waals surface area contributed by atoms with Gasteiger partial charge in [0.25, 0.3) is 11.1 Å². The Morgan fingerprint density at radius 3 is 2.42 bits per heavy atom. The Kier molecular flexibility index (Phi) is 5.62. The summed E-state index contributed by atoms with van der Waals surface area (Å²) in [4.78, 5) is 43.8. The van der Waals surface area contributed by atoms with Crippen LogP contribution in [0.25, 0.3) is 0 Å². The molecule has 0 saturated carbocycles. The summed E-state index contributed by atoms with van der Waals surface area (Å²) >= 11 is 0. The van der Waals surface area contributed by atoms with Gasteiger partial charge >= 0.3 is 0 Å². The molecular formula is C16H21N5O3. The number of hydrogen-bond donors (Lipinski definition) is 1. The van der Waals surface area contributed by atoms with Gasteiger partial charge in [0.2, 0.25) is 5.91 Å². The third-order valence-electron chi connectivity index (χ3n) is 3.50. The van der Waals surface area contributed by atoms with Crippen molar-refractivity contribution < 1.29 is 4.79 Å². The number of amides is 1. The highest BCUT2D eigenvalue weighted by Gasteiger charge is 2.07. The van der Waals surface area contributed by atoms with Crippen molar-refractivity contribution in [3.05, 3.63) is 56.9 Å². The molecule has 8 heteroatoms. The monoisotopic (exact) mass is 331 g/mol. The van der Waals surface area contributed by atoms with Crippen LogP contribution in [0.1, 0.15) is 31.2 Å². The zero-order chi connectivity index (χ0) is 17.7. The standard InChI is InChI=1S/C16H21N5O3/c1-11(2)13-7-16(24)21(10-19-13)8-14(22)17-4-5-20-9-18-12(3)6-15(20)23/h6-7,9-11H,4-5,8H2,1-3H3,(H,17,22). The number of carbonyl (C=O) groups is 1. The van der Waals surface area contributed by atoms with E-state index >= 15 is 0 Å². The van der Waals surface area contributed by atoms with E-state index in [1.54, 1.807) is 6.92 Å². The smallest absolute Gasteiger partial charge is 0.254 e. The minimum absolute atomic E-state index is 0.106. The summed E-state index contributed by atoms with van der Waals surface area (Å²) in [6, 6.07) is 2.87. The van der Waals surface area contributed by atoms with E-state index in [-0.39, 0.29) is 36.0 Å². The molecule has 0 spiro atoms. The van der Waals surface area contributed by atoms with Crippen LogP contribution in [0.5, 0.6) is 0 Å². The van der Waals surface area contributed by atoms with Crippen LogP contribution in [-0.2, 0) is 17.9 Å². The van der Waals surface area contributed by atoms with Crippen molar-refractivity contribution in [3.8, 4) is 0 Å². The maximum Gasteiger partial charge on any atom is 0.254 e. The molecule has 1 amide bonds. The van der Waals surface area contributed by atoms with Gasteiger partial charge in [-0.25, -0.2) is 9.97 Å². The second-order valence-corrected chi connectivity index (χ2v) is 5.85. The van der Waals surface area contributed by atoms with Gasteiger partial charge in [-0.2, -0.15) is 0 Å². The molecule has 0 aliphatic heterocycles. The number of carbonyl (C=O) groups excluding carboxylic acids is 1. The number of aromatic nitrogens is 4. The molecule has 0 aliphatic carbocycles. The summed E-state index contributed by atoms with van der Waals surface area (Å²) in [6.45, 7) is 6.11. The van der Waals surface area contributed by atoms with Gasteiger partial charge in [-0.1, -0.05) is 13.8 Å². The van der Waals surface area contributed by atoms with Crippen molar-refractivity contribution in [2.45, 2.75) is 39.8 Å². The highest BCUT2D eigenvalue weighted by atomic mass is 16.2. The van der Waals surface area contributed by atoms with E-state index in [2.05, 4.69) is 15.3 Å². The molecule has 24 heavy (non-hydrogen) atoms. The fourth-order valence-corrected chi connectivity index (χ4v) is 2.09. The van der Waals surface area contributed by atoms with E-state index in [4.69, 9.17) is 0 Å². The summed E-state index contributed by atoms with van der Waals surface area (Å²) in [5, 5.41) is 2.67. The van der Waals surface area contributed by atoms with Crippen molar-refractivity contribution in [2.75, 3.05) is 6.54 Å². The summed E-state index contributed by atoms with van der Waals surface area (Å²) in [5.74, 6) is -0.160. The highest BCUT2D eigenvalue weighted by molar-refractivity contribution is 5.75. The van der Waals surface area contributed by atoms with Gasteiger partial charge < -0.3 is 5.32 Å². The SMILES string of the molecule is Cc1cc(=O)n(CCNC(=O)Cn2cnc(C(C)C)cc2=O)cn1. The van der Waals surface area contributed by atoms with E-state index in [9.17, 15) is 14.4 Å². The maximum atomic E-state index is 11.9. The van der Waals surface area contributed by atoms with Gasteiger partial charge in [0.1, 0.15) is 6.54 Å². The number of aryl methyl sites for hydroxylation is 1. The summed E-state index contributed by atoms with van der Waals surface area (Å²) in [7, 11) is 0. The van der Waals surface area contributed by atoms with Crippen LogP contribution in [0.4, 0.5) is 0 Å². The average molecular weight is 331 g/mol. The van der Waals surface area contributed by atoms with Crippen LogP contribution in [0, 0.1) is 6.92 Å². The van der Waals surface area contributed by atoms with Crippen LogP contribution < -0.4 is 16.4 Å². The molecule has 0 aliphatic rings.